The van der Waals surface area contributed by atoms with Crippen molar-refractivity contribution >= 4 is 22.8 Å². The van der Waals surface area contributed by atoms with E-state index in [1.807, 2.05) is 42.9 Å². The molecule has 0 saturated heterocycles. The van der Waals surface area contributed by atoms with E-state index < -0.39 is 0 Å². The molecule has 3 rings (SSSR count). The zero-order valence-electron chi connectivity index (χ0n) is 14.9. The Morgan fingerprint density at radius 2 is 1.72 bits per heavy atom. The van der Waals surface area contributed by atoms with E-state index >= 15 is 0 Å². The minimum Gasteiger partial charge on any atom is -0.296 e. The van der Waals surface area contributed by atoms with E-state index in [2.05, 4.69) is 45.7 Å². The van der Waals surface area contributed by atoms with Gasteiger partial charge in [0, 0.05) is 36.3 Å². The highest BCUT2D eigenvalue weighted by Gasteiger charge is 2.07. The average molecular weight is 353 g/mol. The predicted octanol–water partition coefficient (Wildman–Crippen LogP) is 3.94. The maximum absolute atomic E-state index is 4.67. The molecule has 1 aromatic carbocycles. The maximum Gasteiger partial charge on any atom is 0.187 e. The van der Waals surface area contributed by atoms with Crippen LogP contribution in [-0.4, -0.2) is 37.1 Å². The number of rotatable bonds is 7. The molecule has 5 nitrogen and oxygen atoms in total. The molecule has 0 bridgehead atoms. The van der Waals surface area contributed by atoms with Crippen LogP contribution in [0, 0.1) is 0 Å². The molecule has 0 aliphatic carbocycles. The van der Waals surface area contributed by atoms with E-state index in [0.717, 1.165) is 47.0 Å². The zero-order chi connectivity index (χ0) is 17.6. The number of benzene rings is 1. The fourth-order valence-corrected chi connectivity index (χ4v) is 3.22. The molecule has 1 atom stereocenters. The van der Waals surface area contributed by atoms with Crippen LogP contribution in [-0.2, 0) is 13.1 Å². The van der Waals surface area contributed by atoms with Crippen LogP contribution in [0.25, 0.3) is 11.0 Å². The Morgan fingerprint density at radius 1 is 1.00 bits per heavy atom. The van der Waals surface area contributed by atoms with Crippen molar-refractivity contribution in [1.82, 2.24) is 24.8 Å². The minimum absolute atomic E-state index is 0.542. The fourth-order valence-electron chi connectivity index (χ4n) is 2.46. The summed E-state index contributed by atoms with van der Waals surface area (Å²) in [7, 11) is 2.07. The van der Waals surface area contributed by atoms with Gasteiger partial charge in [0.15, 0.2) is 5.16 Å². The summed E-state index contributed by atoms with van der Waals surface area (Å²) in [6.45, 7) is 5.89. The van der Waals surface area contributed by atoms with Gasteiger partial charge in [-0.05, 0) is 25.6 Å². The van der Waals surface area contributed by atoms with E-state index in [0.29, 0.717) is 5.25 Å². The number of fused-ring (bicyclic) bond motifs is 1. The summed E-state index contributed by atoms with van der Waals surface area (Å²) >= 11 is 1.72. The largest absolute Gasteiger partial charge is 0.296 e. The van der Waals surface area contributed by atoms with Gasteiger partial charge in [-0.3, -0.25) is 9.88 Å². The second kappa shape index (κ2) is 8.36. The van der Waals surface area contributed by atoms with Crippen molar-refractivity contribution in [3.8, 4) is 0 Å². The lowest BCUT2D eigenvalue weighted by Gasteiger charge is -2.16. The van der Waals surface area contributed by atoms with E-state index in [-0.39, 0.29) is 0 Å². The number of para-hydroxylation sites is 2. The first-order valence-electron chi connectivity index (χ1n) is 8.51. The molecule has 2 aromatic heterocycles. The lowest BCUT2D eigenvalue weighted by Crippen LogP contribution is -2.18. The molecule has 0 fully saturated rings. The predicted molar refractivity (Wildman–Crippen MR) is 102 cm³/mol. The SMILES string of the molecule is CC[C@H](C)Sc1ncc(CN(C)Cc2cnc3ccccc3n2)cn1. The third-order valence-corrected chi connectivity index (χ3v) is 5.10. The Kier molecular flexibility index (Phi) is 5.94. The molecule has 3 aromatic rings. The molecule has 0 amide bonds. The molecule has 0 radical (unpaired) electrons. The molecular formula is C19H23N5S. The van der Waals surface area contributed by atoms with Crippen molar-refractivity contribution in [2.45, 2.75) is 43.8 Å². The second-order valence-electron chi connectivity index (χ2n) is 6.23. The molecule has 0 saturated carbocycles. The van der Waals surface area contributed by atoms with Crippen molar-refractivity contribution < 1.29 is 0 Å². The quantitative estimate of drug-likeness (QED) is 0.474. The van der Waals surface area contributed by atoms with E-state index in [9.17, 15) is 0 Å². The average Bonchev–Trinajstić information content (AvgIpc) is 2.63. The Balaban J connectivity index is 1.60. The van der Waals surface area contributed by atoms with Gasteiger partial charge in [-0.2, -0.15) is 0 Å². The van der Waals surface area contributed by atoms with Crippen molar-refractivity contribution in [2.75, 3.05) is 7.05 Å². The van der Waals surface area contributed by atoms with Crippen LogP contribution >= 0.6 is 11.8 Å². The number of hydrogen-bond acceptors (Lipinski definition) is 6. The van der Waals surface area contributed by atoms with Crippen LogP contribution in [0.2, 0.25) is 0 Å². The summed E-state index contributed by atoms with van der Waals surface area (Å²) in [4.78, 5) is 20.3. The highest BCUT2D eigenvalue weighted by Crippen LogP contribution is 2.21. The summed E-state index contributed by atoms with van der Waals surface area (Å²) in [6.07, 6.45) is 6.80. The van der Waals surface area contributed by atoms with E-state index in [1.165, 1.54) is 0 Å². The van der Waals surface area contributed by atoms with Crippen LogP contribution in [0.1, 0.15) is 31.5 Å². The smallest absolute Gasteiger partial charge is 0.187 e. The minimum atomic E-state index is 0.542. The first kappa shape index (κ1) is 17.8. The maximum atomic E-state index is 4.67. The van der Waals surface area contributed by atoms with Crippen molar-refractivity contribution in [3.05, 3.63) is 54.1 Å². The zero-order valence-corrected chi connectivity index (χ0v) is 15.7. The molecule has 0 aliphatic rings. The van der Waals surface area contributed by atoms with Gasteiger partial charge in [0.25, 0.3) is 0 Å². The van der Waals surface area contributed by atoms with Gasteiger partial charge in [-0.15, -0.1) is 0 Å². The van der Waals surface area contributed by atoms with E-state index in [4.69, 9.17) is 0 Å². The third kappa shape index (κ3) is 4.96. The summed E-state index contributed by atoms with van der Waals surface area (Å²) in [5.41, 5.74) is 3.93. The van der Waals surface area contributed by atoms with Crippen molar-refractivity contribution in [1.29, 1.82) is 0 Å². The summed E-state index contributed by atoms with van der Waals surface area (Å²) in [5.74, 6) is 0. The number of thioether (sulfide) groups is 1. The Labute approximate surface area is 152 Å². The van der Waals surface area contributed by atoms with Crippen molar-refractivity contribution in [2.24, 2.45) is 0 Å². The molecule has 0 N–H and O–H groups in total. The summed E-state index contributed by atoms with van der Waals surface area (Å²) in [5, 5.41) is 1.39. The van der Waals surface area contributed by atoms with Gasteiger partial charge in [-0.25, -0.2) is 15.0 Å². The monoisotopic (exact) mass is 353 g/mol. The molecule has 0 aliphatic heterocycles. The molecular weight excluding hydrogens is 330 g/mol. The molecule has 130 valence electrons. The Bertz CT molecular complexity index is 821. The van der Waals surface area contributed by atoms with E-state index in [1.54, 1.807) is 11.8 Å². The van der Waals surface area contributed by atoms with Crippen LogP contribution in [0.5, 0.6) is 0 Å². The first-order valence-corrected chi connectivity index (χ1v) is 9.38. The molecule has 2 heterocycles. The first-order chi connectivity index (χ1) is 12.1. The number of hydrogen-bond donors (Lipinski definition) is 0. The Hall–Kier alpha value is -2.05. The number of nitrogens with zero attached hydrogens (tertiary/aromatic N) is 5. The Morgan fingerprint density at radius 3 is 2.44 bits per heavy atom. The van der Waals surface area contributed by atoms with Gasteiger partial charge < -0.3 is 0 Å². The van der Waals surface area contributed by atoms with Crippen molar-refractivity contribution in [3.63, 3.8) is 0 Å². The second-order valence-corrected chi connectivity index (χ2v) is 7.64. The molecule has 25 heavy (non-hydrogen) atoms. The van der Waals surface area contributed by atoms with Crippen LogP contribution in [0.15, 0.2) is 48.0 Å². The fraction of sp³-hybridized carbons (Fsp3) is 0.368. The number of aromatic nitrogens is 4. The lowest BCUT2D eigenvalue weighted by molar-refractivity contribution is 0.314. The molecule has 6 heteroatoms. The van der Waals surface area contributed by atoms with Crippen LogP contribution < -0.4 is 0 Å². The van der Waals surface area contributed by atoms with Gasteiger partial charge in [0.1, 0.15) is 0 Å². The van der Waals surface area contributed by atoms with Gasteiger partial charge in [0.05, 0.1) is 22.9 Å². The van der Waals surface area contributed by atoms with Gasteiger partial charge >= 0.3 is 0 Å². The highest BCUT2D eigenvalue weighted by molar-refractivity contribution is 7.99. The summed E-state index contributed by atoms with van der Waals surface area (Å²) in [6, 6.07) is 7.94. The topological polar surface area (TPSA) is 54.8 Å². The van der Waals surface area contributed by atoms with Gasteiger partial charge in [0.2, 0.25) is 0 Å². The summed E-state index contributed by atoms with van der Waals surface area (Å²) < 4.78 is 0. The van der Waals surface area contributed by atoms with Crippen LogP contribution in [0.3, 0.4) is 0 Å². The van der Waals surface area contributed by atoms with Gasteiger partial charge in [-0.1, -0.05) is 37.7 Å². The standard InChI is InChI=1S/C19H23N5S/c1-4-14(2)25-19-21-9-15(10-22-19)12-24(3)13-16-11-20-17-7-5-6-8-18(17)23-16/h5-11,14H,4,12-13H2,1-3H3/t14-/m0/s1. The normalized spacial score (nSPS) is 12.6. The third-order valence-electron chi connectivity index (χ3n) is 3.95. The lowest BCUT2D eigenvalue weighted by atomic mass is 10.3. The molecule has 0 unspecified atom stereocenters. The highest BCUT2D eigenvalue weighted by atomic mass is 32.2. The van der Waals surface area contributed by atoms with Crippen LogP contribution in [0.4, 0.5) is 0 Å². The molecule has 0 spiro atoms.